The van der Waals surface area contributed by atoms with Crippen LogP contribution in [0.3, 0.4) is 0 Å². The van der Waals surface area contributed by atoms with Crippen LogP contribution in [-0.4, -0.2) is 18.3 Å². The van der Waals surface area contributed by atoms with E-state index in [4.69, 9.17) is 21.1 Å². The molecule has 2 aromatic rings. The summed E-state index contributed by atoms with van der Waals surface area (Å²) in [6, 6.07) is 9.08. The highest BCUT2D eigenvalue weighted by molar-refractivity contribution is 7.16. The van der Waals surface area contributed by atoms with Crippen LogP contribution >= 0.6 is 22.9 Å². The number of aliphatic hydroxyl groups excluding tert-OH is 1. The molecular formula is C13H11ClO3S. The molecule has 0 spiro atoms. The van der Waals surface area contributed by atoms with Crippen LogP contribution in [0, 0.1) is 0 Å². The molecule has 2 heterocycles. The number of benzene rings is 1. The summed E-state index contributed by atoms with van der Waals surface area (Å²) < 4.78 is 11.6. The van der Waals surface area contributed by atoms with Crippen molar-refractivity contribution in [2.24, 2.45) is 0 Å². The molecule has 1 aromatic heterocycles. The maximum Gasteiger partial charge on any atom is 0.161 e. The van der Waals surface area contributed by atoms with Gasteiger partial charge in [-0.05, 0) is 29.8 Å². The van der Waals surface area contributed by atoms with Crippen LogP contribution < -0.4 is 9.47 Å². The first-order valence-electron chi connectivity index (χ1n) is 5.57. The van der Waals surface area contributed by atoms with Gasteiger partial charge in [0.05, 0.1) is 4.34 Å². The van der Waals surface area contributed by atoms with Gasteiger partial charge in [0.25, 0.3) is 0 Å². The van der Waals surface area contributed by atoms with Gasteiger partial charge >= 0.3 is 0 Å². The van der Waals surface area contributed by atoms with E-state index in [-0.39, 0.29) is 0 Å². The van der Waals surface area contributed by atoms with Gasteiger partial charge in [-0.25, -0.2) is 0 Å². The zero-order chi connectivity index (χ0) is 12.5. The highest BCUT2D eigenvalue weighted by Gasteiger charge is 2.17. The summed E-state index contributed by atoms with van der Waals surface area (Å²) in [5.41, 5.74) is 0.776. The highest BCUT2D eigenvalue weighted by Crippen LogP contribution is 2.36. The van der Waals surface area contributed by atoms with Crippen molar-refractivity contribution < 1.29 is 14.6 Å². The van der Waals surface area contributed by atoms with Crippen molar-refractivity contribution in [3.8, 4) is 11.5 Å². The Balaban J connectivity index is 1.92. The van der Waals surface area contributed by atoms with Gasteiger partial charge in [0.15, 0.2) is 11.5 Å². The van der Waals surface area contributed by atoms with Crippen molar-refractivity contribution in [2.75, 3.05) is 13.2 Å². The molecule has 94 valence electrons. The molecule has 18 heavy (non-hydrogen) atoms. The maximum atomic E-state index is 10.3. The van der Waals surface area contributed by atoms with E-state index in [0.717, 1.165) is 16.2 Å². The van der Waals surface area contributed by atoms with Gasteiger partial charge < -0.3 is 14.6 Å². The minimum absolute atomic E-state index is 0.539. The minimum Gasteiger partial charge on any atom is -0.486 e. The average molecular weight is 283 g/mol. The standard InChI is InChI=1S/C13H11ClO3S/c14-12-4-3-11(18-12)13(15)8-1-2-9-10(7-8)17-6-5-16-9/h1-4,7,13,15H,5-6H2. The number of hydrogen-bond donors (Lipinski definition) is 1. The number of thiophene rings is 1. The van der Waals surface area contributed by atoms with Gasteiger partial charge in [-0.1, -0.05) is 17.7 Å². The lowest BCUT2D eigenvalue weighted by atomic mass is 10.1. The fourth-order valence-electron chi connectivity index (χ4n) is 1.87. The summed E-state index contributed by atoms with van der Waals surface area (Å²) in [5.74, 6) is 1.40. The topological polar surface area (TPSA) is 38.7 Å². The fourth-order valence-corrected chi connectivity index (χ4v) is 2.94. The molecule has 0 amide bonds. The van der Waals surface area contributed by atoms with Gasteiger partial charge in [-0.2, -0.15) is 0 Å². The molecule has 1 aromatic carbocycles. The van der Waals surface area contributed by atoms with Crippen LogP contribution in [0.1, 0.15) is 16.5 Å². The van der Waals surface area contributed by atoms with Crippen LogP contribution in [0.25, 0.3) is 0 Å². The smallest absolute Gasteiger partial charge is 0.161 e. The van der Waals surface area contributed by atoms with Crippen LogP contribution in [-0.2, 0) is 0 Å². The molecular weight excluding hydrogens is 272 g/mol. The zero-order valence-electron chi connectivity index (χ0n) is 9.43. The van der Waals surface area contributed by atoms with Crippen LogP contribution in [0.15, 0.2) is 30.3 Å². The minimum atomic E-state index is -0.682. The van der Waals surface area contributed by atoms with E-state index in [1.165, 1.54) is 11.3 Å². The normalized spacial score (nSPS) is 15.4. The van der Waals surface area contributed by atoms with Crippen molar-refractivity contribution >= 4 is 22.9 Å². The molecule has 0 saturated carbocycles. The Kier molecular flexibility index (Phi) is 3.16. The largest absolute Gasteiger partial charge is 0.486 e. The van der Waals surface area contributed by atoms with E-state index >= 15 is 0 Å². The first-order chi connectivity index (χ1) is 8.74. The second-order valence-corrected chi connectivity index (χ2v) is 5.69. The second-order valence-electron chi connectivity index (χ2n) is 3.95. The van der Waals surface area contributed by atoms with E-state index < -0.39 is 6.10 Å². The molecule has 0 fully saturated rings. The third kappa shape index (κ3) is 2.19. The zero-order valence-corrected chi connectivity index (χ0v) is 11.0. The van der Waals surface area contributed by atoms with Crippen LogP contribution in [0.4, 0.5) is 0 Å². The summed E-state index contributed by atoms with van der Waals surface area (Å²) in [6.45, 7) is 1.10. The molecule has 1 atom stereocenters. The van der Waals surface area contributed by atoms with Gasteiger partial charge in [0, 0.05) is 4.88 Å². The number of ether oxygens (including phenoxy) is 2. The molecule has 0 saturated heterocycles. The van der Waals surface area contributed by atoms with E-state index in [9.17, 15) is 5.11 Å². The molecule has 5 heteroatoms. The van der Waals surface area contributed by atoms with Crippen LogP contribution in [0.2, 0.25) is 4.34 Å². The number of hydrogen-bond acceptors (Lipinski definition) is 4. The Labute approximate surface area is 114 Å². The summed E-state index contributed by atoms with van der Waals surface area (Å²) in [4.78, 5) is 0.816. The number of fused-ring (bicyclic) bond motifs is 1. The summed E-state index contributed by atoms with van der Waals surface area (Å²) in [7, 11) is 0. The molecule has 0 radical (unpaired) electrons. The summed E-state index contributed by atoms with van der Waals surface area (Å²) in [6.07, 6.45) is -0.682. The van der Waals surface area contributed by atoms with Gasteiger partial charge in [0.1, 0.15) is 19.3 Å². The third-order valence-corrected chi connectivity index (χ3v) is 4.03. The van der Waals surface area contributed by atoms with E-state index in [2.05, 4.69) is 0 Å². The Morgan fingerprint density at radius 2 is 1.89 bits per heavy atom. The second kappa shape index (κ2) is 4.80. The van der Waals surface area contributed by atoms with Gasteiger partial charge in [-0.15, -0.1) is 11.3 Å². The van der Waals surface area contributed by atoms with E-state index in [1.807, 2.05) is 24.3 Å². The van der Waals surface area contributed by atoms with Gasteiger partial charge in [-0.3, -0.25) is 0 Å². The number of halogens is 1. The van der Waals surface area contributed by atoms with Crippen LogP contribution in [0.5, 0.6) is 11.5 Å². The summed E-state index contributed by atoms with van der Waals surface area (Å²) >= 11 is 7.24. The van der Waals surface area contributed by atoms with Gasteiger partial charge in [0.2, 0.25) is 0 Å². The number of aliphatic hydroxyl groups is 1. The monoisotopic (exact) mass is 282 g/mol. The average Bonchev–Trinajstić information content (AvgIpc) is 2.84. The van der Waals surface area contributed by atoms with Crippen molar-refractivity contribution in [3.05, 3.63) is 45.1 Å². The predicted molar refractivity (Wildman–Crippen MR) is 70.8 cm³/mol. The Hall–Kier alpha value is -1.23. The van der Waals surface area contributed by atoms with Crippen molar-refractivity contribution in [1.29, 1.82) is 0 Å². The first kappa shape index (κ1) is 11.8. The van der Waals surface area contributed by atoms with E-state index in [0.29, 0.717) is 23.3 Å². The molecule has 3 nitrogen and oxygen atoms in total. The molecule has 1 N–H and O–H groups in total. The molecule has 0 aliphatic carbocycles. The van der Waals surface area contributed by atoms with Crippen molar-refractivity contribution in [3.63, 3.8) is 0 Å². The lowest BCUT2D eigenvalue weighted by Gasteiger charge is -2.20. The Morgan fingerprint density at radius 1 is 1.11 bits per heavy atom. The highest BCUT2D eigenvalue weighted by atomic mass is 35.5. The van der Waals surface area contributed by atoms with Crippen molar-refractivity contribution in [1.82, 2.24) is 0 Å². The summed E-state index contributed by atoms with van der Waals surface area (Å²) in [5, 5.41) is 10.3. The molecule has 1 aliphatic rings. The molecule has 0 bridgehead atoms. The Bertz CT molecular complexity index is 567. The molecule has 1 aliphatic heterocycles. The quantitative estimate of drug-likeness (QED) is 0.919. The fraction of sp³-hybridized carbons (Fsp3) is 0.231. The van der Waals surface area contributed by atoms with Crippen molar-refractivity contribution in [2.45, 2.75) is 6.10 Å². The Morgan fingerprint density at radius 3 is 2.61 bits per heavy atom. The maximum absolute atomic E-state index is 10.3. The lowest BCUT2D eigenvalue weighted by Crippen LogP contribution is -2.15. The SMILES string of the molecule is OC(c1ccc2c(c1)OCCO2)c1ccc(Cl)s1. The number of rotatable bonds is 2. The predicted octanol–water partition coefficient (Wildman–Crippen LogP) is 3.25. The third-order valence-electron chi connectivity index (χ3n) is 2.75. The first-order valence-corrected chi connectivity index (χ1v) is 6.76. The van der Waals surface area contributed by atoms with E-state index in [1.54, 1.807) is 6.07 Å². The molecule has 1 unspecified atom stereocenters. The lowest BCUT2D eigenvalue weighted by molar-refractivity contribution is 0.170. The molecule has 3 rings (SSSR count).